The van der Waals surface area contributed by atoms with Gasteiger partial charge in [0.25, 0.3) is 0 Å². The molecule has 1 N–H and O–H groups in total. The van der Waals surface area contributed by atoms with Crippen molar-refractivity contribution in [3.8, 4) is 0 Å². The van der Waals surface area contributed by atoms with Crippen molar-refractivity contribution < 1.29 is 5.11 Å². The van der Waals surface area contributed by atoms with Gasteiger partial charge in [0.1, 0.15) is 0 Å². The molecule has 0 aromatic heterocycles. The van der Waals surface area contributed by atoms with E-state index in [1.54, 1.807) is 0 Å². The van der Waals surface area contributed by atoms with E-state index >= 15 is 0 Å². The zero-order chi connectivity index (χ0) is 105. The van der Waals surface area contributed by atoms with Crippen LogP contribution in [0.15, 0.2) is 601 Å². The van der Waals surface area contributed by atoms with Crippen molar-refractivity contribution >= 4 is 0 Å². The summed E-state index contributed by atoms with van der Waals surface area (Å²) >= 11 is 0. The molecule has 0 bridgehead atoms. The summed E-state index contributed by atoms with van der Waals surface area (Å²) in [5.41, 5.74) is 27.6. The lowest BCUT2D eigenvalue weighted by Crippen LogP contribution is -1.89. The van der Waals surface area contributed by atoms with Crippen molar-refractivity contribution in [2.24, 2.45) is 0 Å². The van der Waals surface area contributed by atoms with Crippen LogP contribution < -0.4 is 0 Å². The molecule has 0 radical (unpaired) electrons. The Morgan fingerprint density at radius 1 is 0.0909 bits per heavy atom. The standard InChI is InChI=1S/C9H12O.19C7H8/c1-8-2-4-9(5-3-8)6-7-10;19*1-7-5-3-2-4-6-7/h2-5,10H,6-7H2,1H3;19*2-6H,1H3. The Balaban J connectivity index is 0.000000753. The number of benzene rings is 20. The fraction of sp³-hybridized carbons (Fsp3) is 0.155. The minimum atomic E-state index is 0.239. The molecule has 20 aromatic rings. The summed E-state index contributed by atoms with van der Waals surface area (Å²) in [4.78, 5) is 0. The maximum atomic E-state index is 8.59. The van der Waals surface area contributed by atoms with Crippen LogP contribution in [0.2, 0.25) is 0 Å². The summed E-state index contributed by atoms with van der Waals surface area (Å²) in [6.07, 6.45) is 0.764. The minimum absolute atomic E-state index is 0.239. The zero-order valence-electron chi connectivity index (χ0n) is 89.5. The molecule has 0 aliphatic carbocycles. The number of rotatable bonds is 2. The average Bonchev–Trinajstić information content (AvgIpc) is 0.930. The second kappa shape index (κ2) is 90.2. The predicted octanol–water partition coefficient (Wildman–Crippen LogP) is 39.4. The van der Waals surface area contributed by atoms with Gasteiger partial charge in [0, 0.05) is 6.61 Å². The normalized spacial score (nSPS) is 8.79. The van der Waals surface area contributed by atoms with E-state index < -0.39 is 0 Å². The lowest BCUT2D eigenvalue weighted by molar-refractivity contribution is 0.299. The molecule has 20 aromatic carbocycles. The molecule has 1 nitrogen and oxygen atoms in total. The molecular weight excluding hydrogens is 1720 g/mol. The molecule has 0 unspecified atom stereocenters. The van der Waals surface area contributed by atoms with Gasteiger partial charge in [-0.25, -0.2) is 0 Å². The summed E-state index contributed by atoms with van der Waals surface area (Å²) < 4.78 is 0. The van der Waals surface area contributed by atoms with Crippen LogP contribution >= 0.6 is 0 Å². The lowest BCUT2D eigenvalue weighted by Gasteiger charge is -1.96. The molecule has 0 fully saturated rings. The van der Waals surface area contributed by atoms with E-state index in [2.05, 4.69) is 381 Å². The van der Waals surface area contributed by atoms with E-state index in [-0.39, 0.29) is 6.61 Å². The van der Waals surface area contributed by atoms with Crippen molar-refractivity contribution in [2.75, 3.05) is 6.61 Å². The van der Waals surface area contributed by atoms with Gasteiger partial charge in [-0.3, -0.25) is 0 Å². The highest BCUT2D eigenvalue weighted by Crippen LogP contribution is 2.06. The van der Waals surface area contributed by atoms with Gasteiger partial charge >= 0.3 is 0 Å². The maximum absolute atomic E-state index is 8.59. The number of hydrogen-bond donors (Lipinski definition) is 1. The van der Waals surface area contributed by atoms with Crippen LogP contribution in [0.1, 0.15) is 117 Å². The maximum Gasteiger partial charge on any atom is 0.0471 e. The third-order valence-corrected chi connectivity index (χ3v) is 19.4. The molecule has 143 heavy (non-hydrogen) atoms. The quantitative estimate of drug-likeness (QED) is 0.183. The number of aryl methyl sites for hydroxylation is 20. The first-order valence-electron chi connectivity index (χ1n) is 49.3. The first-order valence-corrected chi connectivity index (χ1v) is 49.3. The van der Waals surface area contributed by atoms with Gasteiger partial charge in [-0.2, -0.15) is 0 Å². The number of aliphatic hydroxyl groups excluding tert-OH is 1. The van der Waals surface area contributed by atoms with Crippen molar-refractivity contribution in [3.05, 3.63) is 717 Å². The van der Waals surface area contributed by atoms with Gasteiger partial charge in [0.2, 0.25) is 0 Å². The van der Waals surface area contributed by atoms with Crippen molar-refractivity contribution in [3.63, 3.8) is 0 Å². The fourth-order valence-electron chi connectivity index (χ4n) is 11.0. The molecule has 738 valence electrons. The first kappa shape index (κ1) is 125. The lowest BCUT2D eigenvalue weighted by atomic mass is 10.1. The van der Waals surface area contributed by atoms with E-state index in [1.165, 1.54) is 117 Å². The molecular formula is C142H164O. The van der Waals surface area contributed by atoms with Gasteiger partial charge in [-0.15, -0.1) is 0 Å². The molecule has 1 heteroatoms. The highest BCUT2D eigenvalue weighted by atomic mass is 16.3. The Morgan fingerprint density at radius 3 is 0.203 bits per heavy atom. The van der Waals surface area contributed by atoms with Crippen molar-refractivity contribution in [1.29, 1.82) is 0 Å². The van der Waals surface area contributed by atoms with Gasteiger partial charge in [0.15, 0.2) is 0 Å². The molecule has 0 aliphatic rings. The average molecular weight is 1890 g/mol. The van der Waals surface area contributed by atoms with Gasteiger partial charge < -0.3 is 5.11 Å². The molecule has 0 heterocycles. The molecule has 0 atom stereocenters. The fourth-order valence-corrected chi connectivity index (χ4v) is 11.0. The summed E-state index contributed by atoms with van der Waals surface area (Å²) in [5.74, 6) is 0. The summed E-state index contributed by atoms with van der Waals surface area (Å²) in [7, 11) is 0. The summed E-state index contributed by atoms with van der Waals surface area (Å²) in [5, 5.41) is 8.59. The van der Waals surface area contributed by atoms with E-state index in [0.717, 1.165) is 6.42 Å². The minimum Gasteiger partial charge on any atom is -0.396 e. The third-order valence-electron chi connectivity index (χ3n) is 19.4. The number of aliphatic hydroxyl groups is 1. The Morgan fingerprint density at radius 2 is 0.154 bits per heavy atom. The molecule has 20 rings (SSSR count). The van der Waals surface area contributed by atoms with Crippen LogP contribution in [0, 0.1) is 138 Å². The van der Waals surface area contributed by atoms with E-state index in [9.17, 15) is 0 Å². The SMILES string of the molecule is Cc1ccc(CCO)cc1.Cc1ccccc1.Cc1ccccc1.Cc1ccccc1.Cc1ccccc1.Cc1ccccc1.Cc1ccccc1.Cc1ccccc1.Cc1ccccc1.Cc1ccccc1.Cc1ccccc1.Cc1ccccc1.Cc1ccccc1.Cc1ccccc1.Cc1ccccc1.Cc1ccccc1.Cc1ccccc1.Cc1ccccc1.Cc1ccccc1.Cc1ccccc1. The second-order valence-electron chi connectivity index (χ2n) is 33.9. The highest BCUT2D eigenvalue weighted by molar-refractivity contribution is 5.25. The van der Waals surface area contributed by atoms with E-state index in [0.29, 0.717) is 0 Å². The van der Waals surface area contributed by atoms with Crippen LogP contribution in [0.4, 0.5) is 0 Å². The van der Waals surface area contributed by atoms with Crippen LogP contribution in [0.5, 0.6) is 0 Å². The third kappa shape index (κ3) is 87.6. The number of hydrogen-bond acceptors (Lipinski definition) is 1. The largest absolute Gasteiger partial charge is 0.396 e. The first-order chi connectivity index (χ1) is 69.3. The predicted molar refractivity (Wildman–Crippen MR) is 634 cm³/mol. The topological polar surface area (TPSA) is 20.2 Å². The van der Waals surface area contributed by atoms with Gasteiger partial charge in [-0.1, -0.05) is 712 Å². The molecule has 0 amide bonds. The Kier molecular flexibility index (Phi) is 79.1. The van der Waals surface area contributed by atoms with Gasteiger partial charge in [-0.05, 0) is 150 Å². The Bertz CT molecular complexity index is 4430. The monoisotopic (exact) mass is 1890 g/mol. The van der Waals surface area contributed by atoms with Crippen LogP contribution in [-0.4, -0.2) is 11.7 Å². The summed E-state index contributed by atoms with van der Waals surface area (Å²) in [6.45, 7) is 41.9. The Labute approximate surface area is 867 Å². The van der Waals surface area contributed by atoms with Crippen LogP contribution in [-0.2, 0) is 6.42 Å². The molecule has 0 saturated carbocycles. The highest BCUT2D eigenvalue weighted by Gasteiger charge is 1.90. The van der Waals surface area contributed by atoms with E-state index in [1.807, 2.05) is 358 Å². The van der Waals surface area contributed by atoms with Crippen molar-refractivity contribution in [1.82, 2.24) is 0 Å². The van der Waals surface area contributed by atoms with E-state index in [4.69, 9.17) is 5.11 Å². The molecule has 0 aliphatic heterocycles. The van der Waals surface area contributed by atoms with Crippen LogP contribution in [0.25, 0.3) is 0 Å². The van der Waals surface area contributed by atoms with Crippen LogP contribution in [0.3, 0.4) is 0 Å². The summed E-state index contributed by atoms with van der Waals surface area (Å²) in [6, 6.07) is 203. The smallest absolute Gasteiger partial charge is 0.0471 e. The van der Waals surface area contributed by atoms with Crippen molar-refractivity contribution in [2.45, 2.75) is 145 Å². The molecule has 0 spiro atoms. The van der Waals surface area contributed by atoms with Gasteiger partial charge in [0.05, 0.1) is 0 Å². The Hall–Kier alpha value is -15.6. The zero-order valence-corrected chi connectivity index (χ0v) is 89.5. The second-order valence-corrected chi connectivity index (χ2v) is 33.9. The molecule has 0 saturated heterocycles.